The van der Waals surface area contributed by atoms with Crippen molar-refractivity contribution in [3.05, 3.63) is 0 Å². The number of nitrogens with one attached hydrogen (secondary N) is 1. The highest BCUT2D eigenvalue weighted by Crippen LogP contribution is 2.06. The fraction of sp³-hybridized carbons (Fsp3) is 0.833. The lowest BCUT2D eigenvalue weighted by Gasteiger charge is -2.21. The van der Waals surface area contributed by atoms with Crippen LogP contribution in [0.2, 0.25) is 0 Å². The van der Waals surface area contributed by atoms with E-state index in [1.807, 2.05) is 0 Å². The third-order valence-electron chi connectivity index (χ3n) is 1.53. The van der Waals surface area contributed by atoms with Crippen molar-refractivity contribution in [2.75, 3.05) is 6.54 Å². The van der Waals surface area contributed by atoms with E-state index in [0.29, 0.717) is 6.42 Å². The first-order valence-electron chi connectivity index (χ1n) is 3.14. The summed E-state index contributed by atoms with van der Waals surface area (Å²) in [7, 11) is 0. The number of piperidine rings is 1. The van der Waals surface area contributed by atoms with Crippen LogP contribution in [0.5, 0.6) is 0 Å². The Kier molecular flexibility index (Phi) is 2.04. The first-order chi connectivity index (χ1) is 4.33. The van der Waals surface area contributed by atoms with Gasteiger partial charge in [-0.1, -0.05) is 0 Å². The van der Waals surface area contributed by atoms with Gasteiger partial charge in [0, 0.05) is 6.42 Å². The zero-order chi connectivity index (χ0) is 6.69. The summed E-state index contributed by atoms with van der Waals surface area (Å²) in [5.74, 6) is 0. The number of hydrogen-bond donors (Lipinski definition) is 2. The molecule has 0 saturated carbocycles. The van der Waals surface area contributed by atoms with Gasteiger partial charge >= 0.3 is 0 Å². The summed E-state index contributed by atoms with van der Waals surface area (Å²) in [5, 5.41) is 20.4. The van der Waals surface area contributed by atoms with Crippen molar-refractivity contribution in [2.24, 2.45) is 0 Å². The number of nitriles is 1. The molecule has 1 aliphatic heterocycles. The zero-order valence-electron chi connectivity index (χ0n) is 5.17. The van der Waals surface area contributed by atoms with E-state index in [2.05, 4.69) is 11.4 Å². The van der Waals surface area contributed by atoms with Crippen LogP contribution in [0.25, 0.3) is 0 Å². The highest BCUT2D eigenvalue weighted by molar-refractivity contribution is 4.93. The molecule has 1 fully saturated rings. The first-order valence-corrected chi connectivity index (χ1v) is 3.14. The van der Waals surface area contributed by atoms with E-state index >= 15 is 0 Å². The van der Waals surface area contributed by atoms with Crippen LogP contribution in [0.3, 0.4) is 0 Å². The van der Waals surface area contributed by atoms with Gasteiger partial charge < -0.3 is 10.4 Å². The van der Waals surface area contributed by atoms with Gasteiger partial charge in [0.15, 0.2) is 0 Å². The lowest BCUT2D eigenvalue weighted by atomic mass is 10.0. The summed E-state index contributed by atoms with van der Waals surface area (Å²) in [4.78, 5) is 0. The van der Waals surface area contributed by atoms with Crippen molar-refractivity contribution in [3.8, 4) is 6.07 Å². The molecule has 3 heteroatoms. The van der Waals surface area contributed by atoms with Crippen molar-refractivity contribution >= 4 is 0 Å². The fourth-order valence-corrected chi connectivity index (χ4v) is 0.996. The average Bonchev–Trinajstić information content (AvgIpc) is 1.88. The molecule has 0 aromatic carbocycles. The molecular weight excluding hydrogens is 116 g/mol. The van der Waals surface area contributed by atoms with Crippen molar-refractivity contribution in [1.29, 1.82) is 5.26 Å². The van der Waals surface area contributed by atoms with Crippen LogP contribution in [0.1, 0.15) is 12.8 Å². The van der Waals surface area contributed by atoms with E-state index in [0.717, 1.165) is 13.0 Å². The number of hydrogen-bond acceptors (Lipinski definition) is 3. The van der Waals surface area contributed by atoms with E-state index in [-0.39, 0.29) is 12.1 Å². The SMILES string of the molecule is N#CC1CC(O)CCN1. The molecule has 1 heterocycles. The van der Waals surface area contributed by atoms with E-state index in [4.69, 9.17) is 10.4 Å². The van der Waals surface area contributed by atoms with Crippen LogP contribution in [0, 0.1) is 11.3 Å². The maximum Gasteiger partial charge on any atom is 0.0977 e. The largest absolute Gasteiger partial charge is 0.393 e. The van der Waals surface area contributed by atoms with Crippen LogP contribution in [-0.4, -0.2) is 23.8 Å². The molecule has 9 heavy (non-hydrogen) atoms. The van der Waals surface area contributed by atoms with Gasteiger partial charge in [-0.15, -0.1) is 0 Å². The van der Waals surface area contributed by atoms with Gasteiger partial charge in [0.2, 0.25) is 0 Å². The number of aliphatic hydroxyl groups is 1. The van der Waals surface area contributed by atoms with E-state index in [1.54, 1.807) is 0 Å². The van der Waals surface area contributed by atoms with Crippen molar-refractivity contribution in [2.45, 2.75) is 25.0 Å². The molecule has 1 rings (SSSR count). The Bertz CT molecular complexity index is 130. The maximum absolute atomic E-state index is 9.02. The molecule has 0 aromatic rings. The highest BCUT2D eigenvalue weighted by Gasteiger charge is 2.17. The second-order valence-corrected chi connectivity index (χ2v) is 2.31. The van der Waals surface area contributed by atoms with Crippen molar-refractivity contribution in [3.63, 3.8) is 0 Å². The molecule has 0 radical (unpaired) electrons. The van der Waals surface area contributed by atoms with Gasteiger partial charge in [-0.3, -0.25) is 0 Å². The molecule has 0 spiro atoms. The minimum atomic E-state index is -0.268. The number of rotatable bonds is 0. The van der Waals surface area contributed by atoms with Gasteiger partial charge in [-0.2, -0.15) is 5.26 Å². The van der Waals surface area contributed by atoms with Crippen LogP contribution in [0.15, 0.2) is 0 Å². The van der Waals surface area contributed by atoms with Crippen LogP contribution in [0.4, 0.5) is 0 Å². The topological polar surface area (TPSA) is 56.0 Å². The smallest absolute Gasteiger partial charge is 0.0977 e. The molecule has 0 aliphatic carbocycles. The molecule has 2 N–H and O–H groups in total. The Hall–Kier alpha value is -0.590. The summed E-state index contributed by atoms with van der Waals surface area (Å²) in [5.41, 5.74) is 0. The predicted octanol–water partition coefficient (Wildman–Crippen LogP) is -0.377. The van der Waals surface area contributed by atoms with Crippen LogP contribution < -0.4 is 5.32 Å². The van der Waals surface area contributed by atoms with Crippen LogP contribution in [-0.2, 0) is 0 Å². The average molecular weight is 126 g/mol. The Labute approximate surface area is 54.3 Å². The van der Waals surface area contributed by atoms with Crippen LogP contribution >= 0.6 is 0 Å². The van der Waals surface area contributed by atoms with Gasteiger partial charge in [-0.05, 0) is 13.0 Å². The second-order valence-electron chi connectivity index (χ2n) is 2.31. The molecule has 0 amide bonds. The minimum absolute atomic E-state index is 0.131. The molecule has 2 unspecified atom stereocenters. The molecule has 1 saturated heterocycles. The molecule has 1 aliphatic rings. The van der Waals surface area contributed by atoms with Gasteiger partial charge in [0.1, 0.15) is 0 Å². The lowest BCUT2D eigenvalue weighted by Crippen LogP contribution is -2.39. The summed E-state index contributed by atoms with van der Waals surface area (Å²) in [6, 6.07) is 1.93. The zero-order valence-corrected chi connectivity index (χ0v) is 5.17. The normalized spacial score (nSPS) is 35.6. The van der Waals surface area contributed by atoms with E-state index < -0.39 is 0 Å². The third-order valence-corrected chi connectivity index (χ3v) is 1.53. The molecule has 2 atom stereocenters. The number of nitrogens with zero attached hydrogens (tertiary/aromatic N) is 1. The Morgan fingerprint density at radius 2 is 2.44 bits per heavy atom. The maximum atomic E-state index is 9.02. The molecule has 0 bridgehead atoms. The van der Waals surface area contributed by atoms with Gasteiger partial charge in [0.05, 0.1) is 18.2 Å². The third kappa shape index (κ3) is 1.67. The monoisotopic (exact) mass is 126 g/mol. The van der Waals surface area contributed by atoms with Gasteiger partial charge in [-0.25, -0.2) is 0 Å². The van der Waals surface area contributed by atoms with E-state index in [1.165, 1.54) is 0 Å². The second kappa shape index (κ2) is 2.81. The predicted molar refractivity (Wildman–Crippen MR) is 32.6 cm³/mol. The van der Waals surface area contributed by atoms with Crippen molar-refractivity contribution < 1.29 is 5.11 Å². The minimum Gasteiger partial charge on any atom is -0.393 e. The molecule has 0 aromatic heterocycles. The first kappa shape index (κ1) is 6.53. The lowest BCUT2D eigenvalue weighted by molar-refractivity contribution is 0.127. The summed E-state index contributed by atoms with van der Waals surface area (Å²) >= 11 is 0. The van der Waals surface area contributed by atoms with E-state index in [9.17, 15) is 0 Å². The highest BCUT2D eigenvalue weighted by atomic mass is 16.3. The molecule has 3 nitrogen and oxygen atoms in total. The summed E-state index contributed by atoms with van der Waals surface area (Å²) < 4.78 is 0. The summed E-state index contributed by atoms with van der Waals surface area (Å²) in [6.45, 7) is 0.763. The quantitative estimate of drug-likeness (QED) is 0.465. The number of aliphatic hydroxyl groups excluding tert-OH is 1. The Morgan fingerprint density at radius 1 is 1.67 bits per heavy atom. The summed E-state index contributed by atoms with van der Waals surface area (Å²) in [6.07, 6.45) is 1.09. The fourth-order valence-electron chi connectivity index (χ4n) is 0.996. The Morgan fingerprint density at radius 3 is 2.89 bits per heavy atom. The molecular formula is C6H10N2O. The molecule has 50 valence electrons. The Balaban J connectivity index is 2.34. The van der Waals surface area contributed by atoms with Crippen molar-refractivity contribution in [1.82, 2.24) is 5.32 Å². The van der Waals surface area contributed by atoms with Gasteiger partial charge in [0.25, 0.3) is 0 Å². The standard InChI is InChI=1S/C6H10N2O/c7-4-5-3-6(9)1-2-8-5/h5-6,8-9H,1-3H2.